The quantitative estimate of drug-likeness (QED) is 0.102. The normalized spacial score (nSPS) is 21.2. The fourth-order valence-electron chi connectivity index (χ4n) is 10.3. The van der Waals surface area contributed by atoms with Crippen LogP contribution in [0.1, 0.15) is 109 Å². The molecule has 4 aromatic rings. The number of pyridine rings is 1. The van der Waals surface area contributed by atoms with Gasteiger partial charge in [0.05, 0.1) is 40.5 Å². The molecule has 5 aliphatic heterocycles. The highest BCUT2D eigenvalue weighted by atomic mass is 19.3. The van der Waals surface area contributed by atoms with E-state index in [9.17, 15) is 41.7 Å². The van der Waals surface area contributed by atoms with Gasteiger partial charge in [0.2, 0.25) is 17.8 Å². The summed E-state index contributed by atoms with van der Waals surface area (Å²) in [6, 6.07) is 8.19. The van der Waals surface area contributed by atoms with E-state index in [1.54, 1.807) is 30.6 Å². The summed E-state index contributed by atoms with van der Waals surface area (Å²) in [6.07, 6.45) is 7.07. The number of ether oxygens (including phenoxy) is 1. The molecule has 4 saturated heterocycles. The number of halogens is 4. The van der Waals surface area contributed by atoms with Crippen molar-refractivity contribution in [2.24, 2.45) is 5.92 Å². The fourth-order valence-corrected chi connectivity index (χ4v) is 10.3. The Bertz CT molecular complexity index is 2660. The molecule has 3 aromatic heterocycles. The zero-order valence-electron chi connectivity index (χ0n) is 40.3. The third kappa shape index (κ3) is 11.5. The first-order chi connectivity index (χ1) is 34.6. The molecule has 8 heterocycles. The lowest BCUT2D eigenvalue weighted by Crippen LogP contribution is -2.54. The second-order valence-electron chi connectivity index (χ2n) is 19.0. The molecule has 3 N–H and O–H groups in total. The number of imide groups is 2. The molecule has 23 heteroatoms. The van der Waals surface area contributed by atoms with Gasteiger partial charge in [0.15, 0.2) is 0 Å². The number of carbonyl (C=O) groups excluding carboxylic acids is 6. The van der Waals surface area contributed by atoms with E-state index in [2.05, 4.69) is 64.1 Å². The van der Waals surface area contributed by atoms with Crippen molar-refractivity contribution in [3.63, 3.8) is 0 Å². The number of likely N-dealkylation sites (tertiary alicyclic amines) is 1. The van der Waals surface area contributed by atoms with Crippen molar-refractivity contribution in [2.45, 2.75) is 108 Å². The number of fused-ring (bicyclic) bond motifs is 2. The van der Waals surface area contributed by atoms with Crippen molar-refractivity contribution in [2.75, 3.05) is 68.0 Å². The molecule has 5 amide bonds. The number of carbonyl (C=O) groups is 6. The van der Waals surface area contributed by atoms with Gasteiger partial charge in [0, 0.05) is 92.9 Å². The van der Waals surface area contributed by atoms with Crippen molar-refractivity contribution in [1.82, 2.24) is 40.0 Å². The summed E-state index contributed by atoms with van der Waals surface area (Å²) in [6.45, 7) is 9.31. The molecule has 0 spiro atoms. The predicted molar refractivity (Wildman–Crippen MR) is 255 cm³/mol. The van der Waals surface area contributed by atoms with Crippen LogP contribution in [0.25, 0.3) is 10.9 Å². The van der Waals surface area contributed by atoms with E-state index < -0.39 is 54.3 Å². The molecule has 3 atom stereocenters. The van der Waals surface area contributed by atoms with Crippen LogP contribution in [0, 0.1) is 5.92 Å². The van der Waals surface area contributed by atoms with E-state index in [1.165, 1.54) is 7.11 Å². The van der Waals surface area contributed by atoms with Crippen molar-refractivity contribution >= 4 is 69.7 Å². The van der Waals surface area contributed by atoms with Crippen LogP contribution in [0.2, 0.25) is 0 Å². The lowest BCUT2D eigenvalue weighted by Gasteiger charge is -2.35. The van der Waals surface area contributed by atoms with Crippen LogP contribution >= 0.6 is 0 Å². The van der Waals surface area contributed by atoms with Gasteiger partial charge < -0.3 is 34.6 Å². The Balaban J connectivity index is 0.000000923. The summed E-state index contributed by atoms with van der Waals surface area (Å²) >= 11 is 0. The van der Waals surface area contributed by atoms with Gasteiger partial charge in [0.1, 0.15) is 23.8 Å². The summed E-state index contributed by atoms with van der Waals surface area (Å²) in [5, 5.41) is 9.63. The molecule has 2 unspecified atom stereocenters. The Kier molecular flexibility index (Phi) is 16.3. The minimum Gasteiger partial charge on any atom is -0.378 e. The largest absolute Gasteiger partial charge is 0.414 e. The molecule has 386 valence electrons. The van der Waals surface area contributed by atoms with Gasteiger partial charge in [0.25, 0.3) is 17.7 Å². The molecular formula is C49H59F4N11O8. The van der Waals surface area contributed by atoms with Gasteiger partial charge in [-0.15, -0.1) is 0 Å². The Morgan fingerprint density at radius 3 is 2.33 bits per heavy atom. The zero-order chi connectivity index (χ0) is 51.2. The van der Waals surface area contributed by atoms with Crippen LogP contribution < -0.4 is 25.8 Å². The first-order valence-corrected chi connectivity index (χ1v) is 24.4. The molecule has 0 bridgehead atoms. The minimum atomic E-state index is -3.37. The topological polar surface area (TPSA) is 214 Å². The summed E-state index contributed by atoms with van der Waals surface area (Å²) in [7, 11) is 1.53. The molecule has 0 aliphatic carbocycles. The number of piperidine rings is 4. The van der Waals surface area contributed by atoms with Crippen molar-refractivity contribution in [3.05, 3.63) is 65.6 Å². The summed E-state index contributed by atoms with van der Waals surface area (Å²) in [5.74, 6) is -2.09. The number of hydrogen-bond acceptors (Lipinski definition) is 15. The monoisotopic (exact) mass is 1010 g/mol. The van der Waals surface area contributed by atoms with E-state index in [0.717, 1.165) is 92.7 Å². The molecule has 4 fully saturated rings. The maximum absolute atomic E-state index is 14.6. The summed E-state index contributed by atoms with van der Waals surface area (Å²) in [4.78, 5) is 97.6. The Hall–Kier alpha value is -6.75. The SMILES string of the molecule is COC1CCN(c2nccc(Nc3cc4c(cn3)c(C(=O)NC3CCN(CCCC5CCN(c6cccc7c6C(=O)N(C6CCC(=O)NC6=O)C7=O)CC5)CC3)cn4C(C)C)n2)C[C@H]1F.O=C(OF)C(F)F. The van der Waals surface area contributed by atoms with Crippen molar-refractivity contribution in [1.29, 1.82) is 0 Å². The number of benzene rings is 1. The van der Waals surface area contributed by atoms with Crippen LogP contribution in [-0.2, 0) is 24.1 Å². The van der Waals surface area contributed by atoms with Gasteiger partial charge in [-0.25, -0.2) is 24.1 Å². The average Bonchev–Trinajstić information content (AvgIpc) is 3.88. The highest BCUT2D eigenvalue weighted by Gasteiger charge is 2.46. The molecule has 0 radical (unpaired) electrons. The number of hydrogen-bond donors (Lipinski definition) is 3. The highest BCUT2D eigenvalue weighted by Crippen LogP contribution is 2.37. The second-order valence-corrected chi connectivity index (χ2v) is 19.0. The van der Waals surface area contributed by atoms with Gasteiger partial charge in [-0.05, 0) is 95.9 Å². The molecule has 9 rings (SSSR count). The minimum absolute atomic E-state index is 0.0760. The molecular weight excluding hydrogens is 947 g/mol. The van der Waals surface area contributed by atoms with Gasteiger partial charge in [-0.1, -0.05) is 6.07 Å². The van der Waals surface area contributed by atoms with Crippen LogP contribution in [0.4, 0.5) is 41.0 Å². The lowest BCUT2D eigenvalue weighted by molar-refractivity contribution is -0.196. The van der Waals surface area contributed by atoms with Gasteiger partial charge >= 0.3 is 12.4 Å². The van der Waals surface area contributed by atoms with Gasteiger partial charge in [-0.2, -0.15) is 13.8 Å². The Labute approximate surface area is 412 Å². The van der Waals surface area contributed by atoms with Crippen LogP contribution in [0.5, 0.6) is 0 Å². The number of methoxy groups -OCH3 is 1. The van der Waals surface area contributed by atoms with E-state index >= 15 is 0 Å². The third-order valence-corrected chi connectivity index (χ3v) is 14.2. The fraction of sp³-hybridized carbons (Fsp3) is 0.531. The number of anilines is 4. The number of alkyl halides is 3. The second kappa shape index (κ2) is 22.8. The first-order valence-electron chi connectivity index (χ1n) is 24.4. The van der Waals surface area contributed by atoms with E-state index in [1.807, 2.05) is 23.2 Å². The molecule has 0 saturated carbocycles. The number of amides is 5. The molecule has 19 nitrogen and oxygen atoms in total. The number of rotatable bonds is 14. The summed E-state index contributed by atoms with van der Waals surface area (Å²) < 4.78 is 53.7. The lowest BCUT2D eigenvalue weighted by atomic mass is 9.91. The Morgan fingerprint density at radius 1 is 0.917 bits per heavy atom. The van der Waals surface area contributed by atoms with Crippen LogP contribution in [-0.4, -0.2) is 149 Å². The van der Waals surface area contributed by atoms with E-state index in [-0.39, 0.29) is 37.4 Å². The Morgan fingerprint density at radius 2 is 1.67 bits per heavy atom. The third-order valence-electron chi connectivity index (χ3n) is 14.2. The van der Waals surface area contributed by atoms with Crippen LogP contribution in [0.15, 0.2) is 48.9 Å². The van der Waals surface area contributed by atoms with Crippen LogP contribution in [0.3, 0.4) is 0 Å². The maximum Gasteiger partial charge on any atom is 0.414 e. The van der Waals surface area contributed by atoms with Crippen molar-refractivity contribution < 1.29 is 56.1 Å². The zero-order valence-corrected chi connectivity index (χ0v) is 40.3. The molecule has 72 heavy (non-hydrogen) atoms. The summed E-state index contributed by atoms with van der Waals surface area (Å²) in [5.41, 5.74) is 2.88. The van der Waals surface area contributed by atoms with E-state index in [4.69, 9.17) is 9.53 Å². The highest BCUT2D eigenvalue weighted by molar-refractivity contribution is 6.25. The number of nitrogens with zero attached hydrogens (tertiary/aromatic N) is 8. The van der Waals surface area contributed by atoms with Crippen molar-refractivity contribution in [3.8, 4) is 0 Å². The average molecular weight is 1010 g/mol. The smallest absolute Gasteiger partial charge is 0.378 e. The predicted octanol–water partition coefficient (Wildman–Crippen LogP) is 5.69. The van der Waals surface area contributed by atoms with E-state index in [0.29, 0.717) is 53.2 Å². The number of aromatic nitrogens is 4. The number of nitrogens with one attached hydrogen (secondary N) is 3. The standard InChI is InChI=1S/C47H58FN11O6.C2HF3O2/c1-28(2)58-26-33(32-25-50-40(24-37(32)58)52-39-11-17-49-47(53-39)57-23-16-38(65-3)34(48)27-57)43(61)51-30-14-19-55(20-15-30)18-5-6-29-12-21-56(22-13-29)35-8-4-7-31-42(35)46(64)59(45(31)63)36-9-10-41(60)54-44(36)62;3-1(4)2(6)7-5/h4,7-8,11,17,24-26,28-30,34,36,38H,5-6,9-10,12-16,18-23,27H2,1-3H3,(H,51,61)(H,54,60,62)(H,49,50,52,53);1H/t34-,36?,38?;/m1./s1. The first kappa shape index (κ1) is 51.6. The molecule has 1 aromatic carbocycles. The van der Waals surface area contributed by atoms with Gasteiger partial charge in [-0.3, -0.25) is 34.2 Å². The maximum atomic E-state index is 14.6. The molecule has 5 aliphatic rings.